The van der Waals surface area contributed by atoms with E-state index in [1.54, 1.807) is 30.1 Å². The van der Waals surface area contributed by atoms with Gasteiger partial charge in [0.25, 0.3) is 0 Å². The molecule has 1 fully saturated rings. The van der Waals surface area contributed by atoms with E-state index in [0.717, 1.165) is 15.6 Å². The topological polar surface area (TPSA) is 62.3 Å². The minimum Gasteiger partial charge on any atom is -0.341 e. The van der Waals surface area contributed by atoms with Gasteiger partial charge in [-0.25, -0.2) is 4.98 Å². The van der Waals surface area contributed by atoms with Crippen LogP contribution in [-0.4, -0.2) is 33.8 Å². The highest BCUT2D eigenvalue weighted by Crippen LogP contribution is 2.21. The predicted molar refractivity (Wildman–Crippen MR) is 69.2 cm³/mol. The van der Waals surface area contributed by atoms with E-state index in [1.165, 1.54) is 0 Å². The highest BCUT2D eigenvalue weighted by atomic mass is 32.1. The van der Waals surface area contributed by atoms with E-state index in [2.05, 4.69) is 10.3 Å². The summed E-state index contributed by atoms with van der Waals surface area (Å²) in [5.41, 5.74) is 0.166. The molecule has 1 aliphatic rings. The summed E-state index contributed by atoms with van der Waals surface area (Å²) < 4.78 is 0. The molecular weight excluding hydrogens is 250 g/mol. The quantitative estimate of drug-likeness (QED) is 0.869. The third kappa shape index (κ3) is 2.38. The SMILES string of the molecule is Cc1nc(CN2CC(=O)NC(C)(C)C2=O)sc1C. The number of hydrogen-bond donors (Lipinski definition) is 1. The summed E-state index contributed by atoms with van der Waals surface area (Å²) >= 11 is 1.57. The van der Waals surface area contributed by atoms with Crippen LogP contribution in [0.3, 0.4) is 0 Å². The Balaban J connectivity index is 2.17. The summed E-state index contributed by atoms with van der Waals surface area (Å²) in [6.07, 6.45) is 0. The van der Waals surface area contributed by atoms with Crippen LogP contribution in [0.5, 0.6) is 0 Å². The average Bonchev–Trinajstić information content (AvgIpc) is 2.53. The van der Waals surface area contributed by atoms with Gasteiger partial charge in [-0.2, -0.15) is 0 Å². The van der Waals surface area contributed by atoms with Gasteiger partial charge < -0.3 is 10.2 Å². The van der Waals surface area contributed by atoms with Crippen molar-refractivity contribution in [2.75, 3.05) is 6.54 Å². The fraction of sp³-hybridized carbons (Fsp3) is 0.583. The molecule has 0 unspecified atom stereocenters. The first-order valence-corrected chi connectivity index (χ1v) is 6.64. The third-order valence-electron chi connectivity index (χ3n) is 3.01. The zero-order chi connectivity index (χ0) is 13.5. The van der Waals surface area contributed by atoms with Crippen LogP contribution in [0.4, 0.5) is 0 Å². The number of nitrogens with one attached hydrogen (secondary N) is 1. The monoisotopic (exact) mass is 267 g/mol. The molecule has 98 valence electrons. The number of nitrogens with zero attached hydrogens (tertiary/aromatic N) is 2. The maximum Gasteiger partial charge on any atom is 0.248 e. The standard InChI is InChI=1S/C12H17N3O2S/c1-7-8(2)18-10(13-7)6-15-5-9(16)14-12(3,4)11(15)17/h5-6H2,1-4H3,(H,14,16). The second-order valence-corrected chi connectivity index (χ2v) is 6.37. The van der Waals surface area contributed by atoms with E-state index in [0.29, 0.717) is 6.54 Å². The Morgan fingerprint density at radius 2 is 2.06 bits per heavy atom. The van der Waals surface area contributed by atoms with E-state index in [4.69, 9.17) is 0 Å². The van der Waals surface area contributed by atoms with Crippen molar-refractivity contribution in [2.24, 2.45) is 0 Å². The zero-order valence-corrected chi connectivity index (χ0v) is 11.8. The number of carbonyl (C=O) groups is 2. The molecule has 1 saturated heterocycles. The maximum atomic E-state index is 12.2. The van der Waals surface area contributed by atoms with Crippen LogP contribution < -0.4 is 5.32 Å². The van der Waals surface area contributed by atoms with E-state index in [9.17, 15) is 9.59 Å². The summed E-state index contributed by atoms with van der Waals surface area (Å²) in [6, 6.07) is 0. The largest absolute Gasteiger partial charge is 0.341 e. The van der Waals surface area contributed by atoms with E-state index >= 15 is 0 Å². The molecule has 18 heavy (non-hydrogen) atoms. The molecule has 1 aromatic heterocycles. The highest BCUT2D eigenvalue weighted by Gasteiger charge is 2.39. The minimum absolute atomic E-state index is 0.0624. The molecule has 0 spiro atoms. The van der Waals surface area contributed by atoms with Crippen molar-refractivity contribution in [3.8, 4) is 0 Å². The summed E-state index contributed by atoms with van der Waals surface area (Å²) in [4.78, 5) is 30.9. The summed E-state index contributed by atoms with van der Waals surface area (Å²) in [5, 5.41) is 3.57. The first-order chi connectivity index (χ1) is 8.29. The van der Waals surface area contributed by atoms with Gasteiger partial charge in [0.1, 0.15) is 17.1 Å². The Hall–Kier alpha value is -1.43. The van der Waals surface area contributed by atoms with Crippen LogP contribution in [0, 0.1) is 13.8 Å². The smallest absolute Gasteiger partial charge is 0.248 e. The molecule has 0 bridgehead atoms. The van der Waals surface area contributed by atoms with Crippen molar-refractivity contribution < 1.29 is 9.59 Å². The van der Waals surface area contributed by atoms with E-state index in [-0.39, 0.29) is 18.4 Å². The Bertz CT molecular complexity index is 488. The molecule has 1 aliphatic heterocycles. The lowest BCUT2D eigenvalue weighted by Crippen LogP contribution is -2.63. The van der Waals surface area contributed by atoms with Crippen LogP contribution in [0.2, 0.25) is 0 Å². The molecule has 1 N–H and O–H groups in total. The number of carbonyl (C=O) groups excluding carboxylic acids is 2. The average molecular weight is 267 g/mol. The highest BCUT2D eigenvalue weighted by molar-refractivity contribution is 7.11. The van der Waals surface area contributed by atoms with Gasteiger partial charge in [0.05, 0.1) is 12.2 Å². The molecule has 5 nitrogen and oxygen atoms in total. The summed E-state index contributed by atoms with van der Waals surface area (Å²) in [6.45, 7) is 7.92. The van der Waals surface area contributed by atoms with Crippen molar-refractivity contribution >= 4 is 23.2 Å². The Morgan fingerprint density at radius 3 is 2.61 bits per heavy atom. The van der Waals surface area contributed by atoms with E-state index < -0.39 is 5.54 Å². The van der Waals surface area contributed by atoms with Crippen LogP contribution in [-0.2, 0) is 16.1 Å². The molecule has 2 amide bonds. The summed E-state index contributed by atoms with van der Waals surface area (Å²) in [5.74, 6) is -0.183. The van der Waals surface area contributed by atoms with Gasteiger partial charge in [-0.05, 0) is 27.7 Å². The van der Waals surface area contributed by atoms with Crippen LogP contribution in [0.1, 0.15) is 29.4 Å². The van der Waals surface area contributed by atoms with Crippen LogP contribution in [0.15, 0.2) is 0 Å². The van der Waals surface area contributed by atoms with Crippen LogP contribution >= 0.6 is 11.3 Å². The number of piperazine rings is 1. The van der Waals surface area contributed by atoms with Gasteiger partial charge in [0, 0.05) is 4.88 Å². The zero-order valence-electron chi connectivity index (χ0n) is 11.0. The number of aryl methyl sites for hydroxylation is 2. The second-order valence-electron chi connectivity index (χ2n) is 5.08. The lowest BCUT2D eigenvalue weighted by atomic mass is 10.0. The van der Waals surface area contributed by atoms with Crippen molar-refractivity contribution in [3.05, 3.63) is 15.6 Å². The predicted octanol–water partition coefficient (Wildman–Crippen LogP) is 0.997. The van der Waals surface area contributed by atoms with Gasteiger partial charge in [-0.3, -0.25) is 9.59 Å². The Labute approximate surface area is 110 Å². The normalized spacial score (nSPS) is 19.0. The number of aromatic nitrogens is 1. The number of amides is 2. The molecule has 0 aromatic carbocycles. The van der Waals surface area contributed by atoms with Crippen molar-refractivity contribution in [1.29, 1.82) is 0 Å². The molecule has 2 heterocycles. The number of hydrogen-bond acceptors (Lipinski definition) is 4. The van der Waals surface area contributed by atoms with Gasteiger partial charge in [0.2, 0.25) is 11.8 Å². The lowest BCUT2D eigenvalue weighted by Gasteiger charge is -2.36. The Kier molecular flexibility index (Phi) is 3.14. The second kappa shape index (κ2) is 4.35. The molecule has 1 aromatic rings. The van der Waals surface area contributed by atoms with Gasteiger partial charge >= 0.3 is 0 Å². The van der Waals surface area contributed by atoms with Crippen LogP contribution in [0.25, 0.3) is 0 Å². The van der Waals surface area contributed by atoms with Gasteiger partial charge in [-0.15, -0.1) is 11.3 Å². The van der Waals surface area contributed by atoms with Gasteiger partial charge in [-0.1, -0.05) is 0 Å². The molecule has 0 aliphatic carbocycles. The lowest BCUT2D eigenvalue weighted by molar-refractivity contribution is -0.148. The van der Waals surface area contributed by atoms with Crippen molar-refractivity contribution in [1.82, 2.24) is 15.2 Å². The molecule has 0 radical (unpaired) electrons. The van der Waals surface area contributed by atoms with Gasteiger partial charge in [0.15, 0.2) is 0 Å². The fourth-order valence-electron chi connectivity index (χ4n) is 1.98. The Morgan fingerprint density at radius 1 is 1.39 bits per heavy atom. The van der Waals surface area contributed by atoms with Crippen molar-refractivity contribution in [3.63, 3.8) is 0 Å². The van der Waals surface area contributed by atoms with E-state index in [1.807, 2.05) is 13.8 Å². The summed E-state index contributed by atoms with van der Waals surface area (Å²) in [7, 11) is 0. The molecular formula is C12H17N3O2S. The molecule has 6 heteroatoms. The molecule has 2 rings (SSSR count). The minimum atomic E-state index is -0.823. The van der Waals surface area contributed by atoms with Crippen molar-refractivity contribution in [2.45, 2.75) is 39.8 Å². The molecule has 0 atom stereocenters. The maximum absolute atomic E-state index is 12.2. The first-order valence-electron chi connectivity index (χ1n) is 5.83. The third-order valence-corrected chi connectivity index (χ3v) is 4.06. The fourth-order valence-corrected chi connectivity index (χ4v) is 2.93. The number of thiazole rings is 1. The number of rotatable bonds is 2. The molecule has 0 saturated carbocycles. The first kappa shape index (κ1) is 13.0.